The molecule has 0 radical (unpaired) electrons. The van der Waals surface area contributed by atoms with E-state index < -0.39 is 12.2 Å². The number of aliphatic hydroxyl groups excluding tert-OH is 1. The van der Waals surface area contributed by atoms with E-state index in [0.717, 1.165) is 55.6 Å². The fourth-order valence-corrected chi connectivity index (χ4v) is 8.53. The molecule has 1 saturated heterocycles. The zero-order valence-electron chi connectivity index (χ0n) is 36.7. The summed E-state index contributed by atoms with van der Waals surface area (Å²) in [7, 11) is 1.76. The number of amides is 2. The fraction of sp³-hybridized carbons (Fsp3) is 0.321. The van der Waals surface area contributed by atoms with Gasteiger partial charge >= 0.3 is 6.09 Å². The van der Waals surface area contributed by atoms with Gasteiger partial charge < -0.3 is 29.7 Å². The first kappa shape index (κ1) is 45.5. The molecule has 11 nitrogen and oxygen atoms in total. The molecule has 0 bridgehead atoms. The van der Waals surface area contributed by atoms with Crippen molar-refractivity contribution in [2.45, 2.75) is 76.9 Å². The molecule has 332 valence electrons. The summed E-state index contributed by atoms with van der Waals surface area (Å²) in [4.78, 5) is 57.3. The van der Waals surface area contributed by atoms with Gasteiger partial charge in [-0.05, 0) is 116 Å². The van der Waals surface area contributed by atoms with Crippen LogP contribution in [0.1, 0.15) is 85.0 Å². The van der Waals surface area contributed by atoms with Gasteiger partial charge in [0.05, 0.1) is 17.3 Å². The number of carbonyl (C=O) groups is 3. The second-order valence-electron chi connectivity index (χ2n) is 17.0. The molecule has 2 amide bonds. The summed E-state index contributed by atoms with van der Waals surface area (Å²) in [6.07, 6.45) is 4.55. The highest BCUT2D eigenvalue weighted by Crippen LogP contribution is 2.32. The number of aromatic nitrogens is 1. The first-order chi connectivity index (χ1) is 31.0. The minimum Gasteiger partial charge on any atom is -0.506 e. The molecule has 0 spiro atoms. The number of aromatic amines is 1. The highest BCUT2D eigenvalue weighted by molar-refractivity contribution is 5.98. The maximum absolute atomic E-state index is 13.2. The first-order valence-electron chi connectivity index (χ1n) is 22.4. The molecule has 6 aromatic rings. The average molecular weight is 863 g/mol. The number of pyridine rings is 1. The number of hydrogen-bond donors (Lipinski definition) is 4. The Morgan fingerprint density at radius 1 is 0.828 bits per heavy atom. The lowest BCUT2D eigenvalue weighted by Gasteiger charge is -2.31. The quantitative estimate of drug-likeness (QED) is 0.0624. The van der Waals surface area contributed by atoms with Gasteiger partial charge in [-0.25, -0.2) is 4.79 Å². The van der Waals surface area contributed by atoms with Crippen molar-refractivity contribution < 1.29 is 29.3 Å². The van der Waals surface area contributed by atoms with E-state index in [0.29, 0.717) is 72.3 Å². The minimum absolute atomic E-state index is 0.00647. The Morgan fingerprint density at radius 3 is 2.28 bits per heavy atom. The predicted octanol–water partition coefficient (Wildman–Crippen LogP) is 9.86. The number of phenolic OH excluding ortho intramolecular Hbond substituents is 1. The number of likely N-dealkylation sites (tertiary alicyclic amines) is 1. The van der Waals surface area contributed by atoms with Crippen LogP contribution in [0.3, 0.4) is 0 Å². The largest absolute Gasteiger partial charge is 0.506 e. The molecule has 0 saturated carbocycles. The topological polar surface area (TPSA) is 152 Å². The summed E-state index contributed by atoms with van der Waals surface area (Å²) in [6.45, 7) is 4.25. The van der Waals surface area contributed by atoms with E-state index in [1.54, 1.807) is 36.2 Å². The maximum atomic E-state index is 13.2. The number of aliphatic hydroxyl groups is 1. The summed E-state index contributed by atoms with van der Waals surface area (Å²) in [5, 5.41) is 24.7. The van der Waals surface area contributed by atoms with Crippen molar-refractivity contribution in [3.63, 3.8) is 0 Å². The van der Waals surface area contributed by atoms with Gasteiger partial charge in [-0.1, -0.05) is 85.8 Å². The Bertz CT molecular complexity index is 2570. The molecule has 7 rings (SSSR count). The third-order valence-electron chi connectivity index (χ3n) is 12.3. The van der Waals surface area contributed by atoms with Gasteiger partial charge in [0.2, 0.25) is 11.5 Å². The molecular formula is C53H58N4O7. The summed E-state index contributed by atoms with van der Waals surface area (Å²) in [6, 6.07) is 39.6. The molecule has 2 heterocycles. The van der Waals surface area contributed by atoms with Crippen molar-refractivity contribution in [3.05, 3.63) is 160 Å². The molecule has 4 N–H and O–H groups in total. The van der Waals surface area contributed by atoms with Crippen LogP contribution in [-0.2, 0) is 22.4 Å². The van der Waals surface area contributed by atoms with Crippen LogP contribution in [0.15, 0.2) is 132 Å². The third kappa shape index (κ3) is 12.1. The number of anilines is 2. The number of aryl methyl sites for hydroxylation is 1. The number of nitrogens with one attached hydrogen (secondary N) is 2. The van der Waals surface area contributed by atoms with Gasteiger partial charge in [-0.2, -0.15) is 0 Å². The van der Waals surface area contributed by atoms with Crippen molar-refractivity contribution >= 4 is 40.1 Å². The number of piperidine rings is 1. The predicted molar refractivity (Wildman–Crippen MR) is 253 cm³/mol. The SMILES string of the molecule is C[C@H](CC[C@H](O)c1ccc(O)c2[nH]c(=O)ccc12)Cc1ccc(CCCC(=O)c2ccc(N(C)C(=O)CCN3CCC(OC(=O)Nc4ccccc4-c4ccccc4)CC3)cc2)cc1. The highest BCUT2D eigenvalue weighted by atomic mass is 16.6. The Labute approximate surface area is 374 Å². The number of fused-ring (bicyclic) bond motifs is 1. The van der Waals surface area contributed by atoms with Gasteiger partial charge in [0.25, 0.3) is 0 Å². The standard InChI is InChI=1S/C53H58N4O7/c1-36(15-26-48(59)44-24-27-49(60)52-45(44)25-28-50(61)55-52)35-38-18-16-37(17-19-38)9-8-14-47(58)40-20-22-41(23-21-40)56(2)51(62)31-34-57-32-29-42(30-33-57)64-53(63)54-46-13-7-6-12-43(46)39-10-4-3-5-11-39/h3-7,10-13,16-25,27-28,36,42,48,59-60H,8-9,14-15,26,29-35H2,1-2H3,(H,54,63)(H,55,61)/t36-,48+/m1/s1. The molecule has 11 heteroatoms. The van der Waals surface area contributed by atoms with E-state index in [-0.39, 0.29) is 29.1 Å². The number of aromatic hydroxyl groups is 1. The lowest BCUT2D eigenvalue weighted by molar-refractivity contribution is -0.118. The van der Waals surface area contributed by atoms with E-state index in [9.17, 15) is 29.4 Å². The lowest BCUT2D eigenvalue weighted by atomic mass is 9.92. The van der Waals surface area contributed by atoms with Crippen LogP contribution in [0, 0.1) is 5.92 Å². The van der Waals surface area contributed by atoms with Crippen molar-refractivity contribution in [1.29, 1.82) is 0 Å². The molecule has 0 unspecified atom stereocenters. The summed E-state index contributed by atoms with van der Waals surface area (Å²) >= 11 is 0. The first-order valence-corrected chi connectivity index (χ1v) is 22.4. The molecule has 0 aliphatic carbocycles. The lowest BCUT2D eigenvalue weighted by Crippen LogP contribution is -2.40. The van der Waals surface area contributed by atoms with E-state index >= 15 is 0 Å². The molecule has 1 aliphatic heterocycles. The van der Waals surface area contributed by atoms with Gasteiger partial charge in [0, 0.05) is 67.8 Å². The van der Waals surface area contributed by atoms with Gasteiger partial charge in [0.1, 0.15) is 11.9 Å². The molecule has 1 aliphatic rings. The number of ketones is 1. The Hall–Kier alpha value is -6.56. The van der Waals surface area contributed by atoms with E-state index in [1.807, 2.05) is 66.7 Å². The van der Waals surface area contributed by atoms with Crippen LogP contribution in [0.25, 0.3) is 22.0 Å². The number of benzene rings is 5. The maximum Gasteiger partial charge on any atom is 0.411 e. The molecule has 1 fully saturated rings. The van der Waals surface area contributed by atoms with Crippen LogP contribution in [0.4, 0.5) is 16.2 Å². The van der Waals surface area contributed by atoms with E-state index in [2.05, 4.69) is 46.4 Å². The van der Waals surface area contributed by atoms with Crippen molar-refractivity contribution in [2.75, 3.05) is 36.9 Å². The number of carbonyl (C=O) groups excluding carboxylic acids is 3. The van der Waals surface area contributed by atoms with Crippen molar-refractivity contribution in [3.8, 4) is 16.9 Å². The number of rotatable bonds is 18. The Balaban J connectivity index is 0.776. The molecule has 5 aromatic carbocycles. The second kappa shape index (κ2) is 21.7. The highest BCUT2D eigenvalue weighted by Gasteiger charge is 2.24. The number of Topliss-reactive ketones (excluding diaryl/α,β-unsaturated/α-hetero) is 1. The van der Waals surface area contributed by atoms with Gasteiger partial charge in [-0.15, -0.1) is 0 Å². The Morgan fingerprint density at radius 2 is 1.53 bits per heavy atom. The summed E-state index contributed by atoms with van der Waals surface area (Å²) < 4.78 is 5.78. The van der Waals surface area contributed by atoms with Crippen LogP contribution >= 0.6 is 0 Å². The molecular weight excluding hydrogens is 805 g/mol. The molecule has 64 heavy (non-hydrogen) atoms. The molecule has 2 atom stereocenters. The zero-order chi connectivity index (χ0) is 45.0. The summed E-state index contributed by atoms with van der Waals surface area (Å²) in [5.41, 5.74) is 7.13. The second-order valence-corrected chi connectivity index (χ2v) is 17.0. The Kier molecular flexibility index (Phi) is 15.4. The number of nitrogens with zero attached hydrogens (tertiary/aromatic N) is 2. The van der Waals surface area contributed by atoms with E-state index in [1.165, 1.54) is 23.3 Å². The normalized spacial score (nSPS) is 14.2. The van der Waals surface area contributed by atoms with Gasteiger partial charge in [0.15, 0.2) is 5.78 Å². The monoisotopic (exact) mass is 862 g/mol. The number of para-hydroxylation sites is 1. The average Bonchev–Trinajstić information content (AvgIpc) is 3.31. The van der Waals surface area contributed by atoms with Crippen LogP contribution < -0.4 is 15.8 Å². The third-order valence-corrected chi connectivity index (χ3v) is 12.3. The number of ether oxygens (including phenoxy) is 1. The van der Waals surface area contributed by atoms with Crippen LogP contribution in [-0.4, -0.2) is 70.7 Å². The number of phenols is 1. The number of hydrogen-bond acceptors (Lipinski definition) is 8. The number of H-pyrrole nitrogens is 1. The summed E-state index contributed by atoms with van der Waals surface area (Å²) in [5.74, 6) is 0.379. The van der Waals surface area contributed by atoms with Crippen LogP contribution in [0.2, 0.25) is 0 Å². The minimum atomic E-state index is -0.719. The fourth-order valence-electron chi connectivity index (χ4n) is 8.53. The molecule has 1 aromatic heterocycles. The van der Waals surface area contributed by atoms with Crippen molar-refractivity contribution in [1.82, 2.24) is 9.88 Å². The van der Waals surface area contributed by atoms with Crippen molar-refractivity contribution in [2.24, 2.45) is 5.92 Å². The van der Waals surface area contributed by atoms with E-state index in [4.69, 9.17) is 4.74 Å². The zero-order valence-corrected chi connectivity index (χ0v) is 36.7. The van der Waals surface area contributed by atoms with Gasteiger partial charge in [-0.3, -0.25) is 19.7 Å². The van der Waals surface area contributed by atoms with Crippen LogP contribution in [0.5, 0.6) is 5.75 Å². The smallest absolute Gasteiger partial charge is 0.411 e.